The van der Waals surface area contributed by atoms with Crippen molar-refractivity contribution in [3.05, 3.63) is 34.9 Å². The van der Waals surface area contributed by atoms with Crippen LogP contribution in [0.4, 0.5) is 0 Å². The van der Waals surface area contributed by atoms with Crippen molar-refractivity contribution in [2.45, 2.75) is 51.9 Å². The fourth-order valence-corrected chi connectivity index (χ4v) is 2.72. The highest BCUT2D eigenvalue weighted by Gasteiger charge is 2.30. The molecule has 118 valence electrons. The average molecular weight is 313 g/mol. The molecular weight excluding hydrogens is 288 g/mol. The number of nitrogens with one attached hydrogen (secondary N) is 1. The number of aryl methyl sites for hydroxylation is 2. The third-order valence-corrected chi connectivity index (χ3v) is 3.77. The van der Waals surface area contributed by atoms with E-state index < -0.39 is 0 Å². The maximum Gasteiger partial charge on any atom is 0.249 e. The number of amides is 1. The van der Waals surface area contributed by atoms with E-state index in [1.54, 1.807) is 0 Å². The number of hydrogen-bond acceptors (Lipinski definition) is 3. The fraction of sp³-hybridized carbons (Fsp3) is 0.562. The molecule has 0 radical (unpaired) electrons. The first-order valence-electron chi connectivity index (χ1n) is 7.23. The minimum absolute atomic E-state index is 0. The molecule has 0 bridgehead atoms. The summed E-state index contributed by atoms with van der Waals surface area (Å²) in [6.45, 7) is 6.62. The molecule has 1 unspecified atom stereocenters. The lowest BCUT2D eigenvalue weighted by molar-refractivity contribution is -0.132. The van der Waals surface area contributed by atoms with E-state index in [1.807, 2.05) is 6.92 Å². The van der Waals surface area contributed by atoms with E-state index in [0.717, 1.165) is 18.4 Å². The maximum absolute atomic E-state index is 12.2. The molecule has 0 spiro atoms. The third kappa shape index (κ3) is 4.70. The number of halogens is 1. The van der Waals surface area contributed by atoms with E-state index >= 15 is 0 Å². The van der Waals surface area contributed by atoms with Gasteiger partial charge in [0.15, 0.2) is 0 Å². The first-order valence-corrected chi connectivity index (χ1v) is 7.23. The molecule has 21 heavy (non-hydrogen) atoms. The normalized spacial score (nSPS) is 22.5. The Morgan fingerprint density at radius 1 is 1.33 bits per heavy atom. The van der Waals surface area contributed by atoms with Gasteiger partial charge in [-0.15, -0.1) is 12.4 Å². The molecule has 0 aromatic heterocycles. The van der Waals surface area contributed by atoms with Crippen LogP contribution in [0.25, 0.3) is 0 Å². The molecule has 1 fully saturated rings. The summed E-state index contributed by atoms with van der Waals surface area (Å²) in [6.07, 6.45) is 1.30. The number of nitrogens with two attached hydrogens (primary N) is 1. The highest BCUT2D eigenvalue weighted by atomic mass is 35.5. The van der Waals surface area contributed by atoms with Crippen molar-refractivity contribution in [1.29, 1.82) is 0 Å². The number of rotatable bonds is 4. The van der Waals surface area contributed by atoms with Crippen LogP contribution in [0.5, 0.6) is 0 Å². The Kier molecular flexibility index (Phi) is 6.65. The molecule has 0 saturated carbocycles. The van der Waals surface area contributed by atoms with Crippen LogP contribution in [0.2, 0.25) is 0 Å². The van der Waals surface area contributed by atoms with Crippen LogP contribution >= 0.6 is 12.4 Å². The van der Waals surface area contributed by atoms with E-state index in [0.29, 0.717) is 6.54 Å². The van der Waals surface area contributed by atoms with Gasteiger partial charge < -0.3 is 15.8 Å². The number of benzene rings is 1. The lowest BCUT2D eigenvalue weighted by Gasteiger charge is -2.19. The highest BCUT2D eigenvalue weighted by molar-refractivity contribution is 5.85. The second-order valence-corrected chi connectivity index (χ2v) is 5.71. The van der Waals surface area contributed by atoms with Crippen LogP contribution in [-0.4, -0.2) is 24.7 Å². The predicted molar refractivity (Wildman–Crippen MR) is 86.7 cm³/mol. The quantitative estimate of drug-likeness (QED) is 0.897. The van der Waals surface area contributed by atoms with Gasteiger partial charge in [-0.2, -0.15) is 0 Å². The van der Waals surface area contributed by atoms with Crippen LogP contribution < -0.4 is 11.1 Å². The lowest BCUT2D eigenvalue weighted by atomic mass is 10.0. The molecule has 5 heteroatoms. The van der Waals surface area contributed by atoms with Gasteiger partial charge in [0.2, 0.25) is 5.91 Å². The van der Waals surface area contributed by atoms with Crippen molar-refractivity contribution in [2.75, 3.05) is 6.54 Å². The summed E-state index contributed by atoms with van der Waals surface area (Å²) >= 11 is 0. The Morgan fingerprint density at radius 3 is 2.48 bits per heavy atom. The predicted octanol–water partition coefficient (Wildman–Crippen LogP) is 2.41. The largest absolute Gasteiger partial charge is 0.364 e. The van der Waals surface area contributed by atoms with E-state index in [2.05, 4.69) is 37.4 Å². The molecule has 1 amide bonds. The Labute approximate surface area is 132 Å². The van der Waals surface area contributed by atoms with Crippen molar-refractivity contribution in [3.63, 3.8) is 0 Å². The van der Waals surface area contributed by atoms with Gasteiger partial charge in [0, 0.05) is 6.54 Å². The Hall–Kier alpha value is -1.10. The Balaban J connectivity index is 0.00000220. The fourth-order valence-electron chi connectivity index (χ4n) is 2.72. The van der Waals surface area contributed by atoms with Gasteiger partial charge >= 0.3 is 0 Å². The van der Waals surface area contributed by atoms with Gasteiger partial charge in [-0.1, -0.05) is 29.3 Å². The first-order chi connectivity index (χ1) is 9.49. The smallest absolute Gasteiger partial charge is 0.249 e. The topological polar surface area (TPSA) is 64.4 Å². The van der Waals surface area contributed by atoms with Crippen LogP contribution in [0.15, 0.2) is 18.2 Å². The summed E-state index contributed by atoms with van der Waals surface area (Å²) in [4.78, 5) is 12.2. The van der Waals surface area contributed by atoms with Gasteiger partial charge in [-0.05, 0) is 39.2 Å². The average Bonchev–Trinajstić information content (AvgIpc) is 2.86. The number of ether oxygens (including phenoxy) is 1. The summed E-state index contributed by atoms with van der Waals surface area (Å²) in [6, 6.07) is 6.33. The van der Waals surface area contributed by atoms with E-state index in [-0.39, 0.29) is 36.6 Å². The van der Waals surface area contributed by atoms with Crippen molar-refractivity contribution in [2.24, 2.45) is 5.73 Å². The van der Waals surface area contributed by atoms with Gasteiger partial charge in [-0.3, -0.25) is 4.79 Å². The van der Waals surface area contributed by atoms with E-state index in [1.165, 1.54) is 11.1 Å². The molecule has 3 atom stereocenters. The van der Waals surface area contributed by atoms with Crippen LogP contribution in [0.1, 0.15) is 42.5 Å². The molecule has 1 aliphatic heterocycles. The second-order valence-electron chi connectivity index (χ2n) is 5.71. The van der Waals surface area contributed by atoms with Crippen LogP contribution in [0, 0.1) is 13.8 Å². The number of carbonyl (C=O) groups is 1. The summed E-state index contributed by atoms with van der Waals surface area (Å²) in [5.41, 5.74) is 9.11. The van der Waals surface area contributed by atoms with Crippen LogP contribution in [0.3, 0.4) is 0 Å². The Morgan fingerprint density at radius 2 is 1.95 bits per heavy atom. The molecule has 1 saturated heterocycles. The maximum atomic E-state index is 12.2. The van der Waals surface area contributed by atoms with Gasteiger partial charge in [0.05, 0.1) is 12.1 Å². The van der Waals surface area contributed by atoms with Crippen molar-refractivity contribution in [1.82, 2.24) is 5.32 Å². The van der Waals surface area contributed by atoms with Crippen molar-refractivity contribution >= 4 is 18.3 Å². The molecule has 1 aromatic rings. The molecule has 2 rings (SSSR count). The van der Waals surface area contributed by atoms with Crippen LogP contribution in [-0.2, 0) is 9.53 Å². The third-order valence-electron chi connectivity index (χ3n) is 3.77. The first kappa shape index (κ1) is 18.0. The molecule has 1 aliphatic rings. The van der Waals surface area contributed by atoms with Crippen molar-refractivity contribution in [3.8, 4) is 0 Å². The molecule has 0 aliphatic carbocycles. The zero-order chi connectivity index (χ0) is 14.7. The van der Waals surface area contributed by atoms with Gasteiger partial charge in [0.1, 0.15) is 6.10 Å². The van der Waals surface area contributed by atoms with E-state index in [4.69, 9.17) is 10.5 Å². The lowest BCUT2D eigenvalue weighted by Crippen LogP contribution is -2.37. The number of carbonyl (C=O) groups excluding carboxylic acids is 1. The summed E-state index contributed by atoms with van der Waals surface area (Å²) in [7, 11) is 0. The standard InChI is InChI=1S/C16H24N2O2.ClH/c1-10-6-11(2)8-13(7-10)12(3)18-16(19)15-5-4-14(9-17)20-15;/h6-8,12,14-15H,4-5,9,17H2,1-3H3,(H,18,19);1H/t12?,14-,15+;/m1./s1. The minimum Gasteiger partial charge on any atom is -0.364 e. The Bertz CT molecular complexity index is 473. The summed E-state index contributed by atoms with van der Waals surface area (Å²) in [5.74, 6) is -0.0346. The van der Waals surface area contributed by atoms with E-state index in [9.17, 15) is 4.79 Å². The molecule has 3 N–H and O–H groups in total. The molecule has 4 nitrogen and oxygen atoms in total. The molecule has 1 heterocycles. The zero-order valence-electron chi connectivity index (χ0n) is 12.9. The monoisotopic (exact) mass is 312 g/mol. The SMILES string of the molecule is Cc1cc(C)cc(C(C)NC(=O)[C@@H]2CC[C@H](CN)O2)c1.Cl. The van der Waals surface area contributed by atoms with Gasteiger partial charge in [-0.25, -0.2) is 0 Å². The summed E-state index contributed by atoms with van der Waals surface area (Å²) in [5, 5.41) is 3.03. The van der Waals surface area contributed by atoms with Crippen molar-refractivity contribution < 1.29 is 9.53 Å². The molecule has 1 aromatic carbocycles. The zero-order valence-corrected chi connectivity index (χ0v) is 13.7. The second kappa shape index (κ2) is 7.78. The number of hydrogen-bond donors (Lipinski definition) is 2. The molecular formula is C16H25ClN2O2. The minimum atomic E-state index is -0.350. The summed E-state index contributed by atoms with van der Waals surface area (Å²) < 4.78 is 5.62. The van der Waals surface area contributed by atoms with Gasteiger partial charge in [0.25, 0.3) is 0 Å². The highest BCUT2D eigenvalue weighted by Crippen LogP contribution is 2.21.